The SMILES string of the molecule is C#CCCC#COP(=O)(O)O. The van der Waals surface area contributed by atoms with Crippen LogP contribution in [0.25, 0.3) is 0 Å². The molecule has 0 radical (unpaired) electrons. The molecule has 0 rings (SSSR count). The molecule has 0 saturated carbocycles. The van der Waals surface area contributed by atoms with Crippen LogP contribution in [0.15, 0.2) is 0 Å². The van der Waals surface area contributed by atoms with Crippen molar-refractivity contribution in [3.8, 4) is 24.4 Å². The number of hydrogen-bond acceptors (Lipinski definition) is 2. The fourth-order valence-electron chi connectivity index (χ4n) is 0.277. The first-order chi connectivity index (χ1) is 5.06. The Morgan fingerprint density at radius 2 is 2.09 bits per heavy atom. The first kappa shape index (κ1) is 10.1. The van der Waals surface area contributed by atoms with Crippen LogP contribution in [0.4, 0.5) is 0 Å². The first-order valence-electron chi connectivity index (χ1n) is 2.72. The predicted molar refractivity (Wildman–Crippen MR) is 39.0 cm³/mol. The molecule has 0 heterocycles. The van der Waals surface area contributed by atoms with E-state index in [-0.39, 0.29) is 0 Å². The quantitative estimate of drug-likeness (QED) is 0.362. The van der Waals surface area contributed by atoms with Crippen LogP contribution in [0.2, 0.25) is 0 Å². The zero-order chi connectivity index (χ0) is 8.74. The van der Waals surface area contributed by atoms with Crippen LogP contribution in [0.1, 0.15) is 12.8 Å². The maximum absolute atomic E-state index is 9.99. The molecule has 5 heteroatoms. The molecule has 0 amide bonds. The highest BCUT2D eigenvalue weighted by Gasteiger charge is 2.11. The van der Waals surface area contributed by atoms with Gasteiger partial charge in [-0.3, -0.25) is 9.79 Å². The molecular weight excluding hydrogens is 167 g/mol. The van der Waals surface area contributed by atoms with Crippen LogP contribution in [0.3, 0.4) is 0 Å². The molecule has 0 aromatic carbocycles. The van der Waals surface area contributed by atoms with E-state index < -0.39 is 7.82 Å². The van der Waals surface area contributed by atoms with Gasteiger partial charge in [0.1, 0.15) is 6.11 Å². The minimum absolute atomic E-state index is 0.372. The minimum Gasteiger partial charge on any atom is -0.350 e. The van der Waals surface area contributed by atoms with E-state index in [1.807, 2.05) is 6.11 Å². The fraction of sp³-hybridized carbons (Fsp3) is 0.333. The van der Waals surface area contributed by atoms with Crippen molar-refractivity contribution < 1.29 is 18.9 Å². The largest absolute Gasteiger partial charge is 0.533 e. The highest BCUT2D eigenvalue weighted by molar-refractivity contribution is 7.46. The van der Waals surface area contributed by atoms with Crippen LogP contribution in [0, 0.1) is 24.4 Å². The van der Waals surface area contributed by atoms with Gasteiger partial charge in [-0.15, -0.1) is 12.3 Å². The van der Waals surface area contributed by atoms with Crippen LogP contribution in [-0.4, -0.2) is 9.79 Å². The van der Waals surface area contributed by atoms with E-state index >= 15 is 0 Å². The molecule has 0 saturated heterocycles. The van der Waals surface area contributed by atoms with Gasteiger partial charge in [0, 0.05) is 12.8 Å². The summed E-state index contributed by atoms with van der Waals surface area (Å²) in [6.07, 6.45) is 7.55. The molecule has 0 fully saturated rings. The van der Waals surface area contributed by atoms with Gasteiger partial charge < -0.3 is 4.52 Å². The van der Waals surface area contributed by atoms with Crippen molar-refractivity contribution in [3.05, 3.63) is 0 Å². The van der Waals surface area contributed by atoms with Crippen molar-refractivity contribution in [2.75, 3.05) is 0 Å². The lowest BCUT2D eigenvalue weighted by molar-refractivity contribution is 0.269. The van der Waals surface area contributed by atoms with Crippen LogP contribution < -0.4 is 0 Å². The Labute approximate surface area is 64.8 Å². The smallest absolute Gasteiger partial charge is 0.350 e. The summed E-state index contributed by atoms with van der Waals surface area (Å²) in [7, 11) is -4.44. The molecule has 0 spiro atoms. The monoisotopic (exact) mass is 174 g/mol. The summed E-state index contributed by atoms with van der Waals surface area (Å²) in [4.78, 5) is 16.2. The van der Waals surface area contributed by atoms with E-state index in [0.717, 1.165) is 0 Å². The zero-order valence-corrected chi connectivity index (χ0v) is 6.54. The molecule has 60 valence electrons. The van der Waals surface area contributed by atoms with Gasteiger partial charge in [-0.1, -0.05) is 5.92 Å². The van der Waals surface area contributed by atoms with Gasteiger partial charge in [0.05, 0.1) is 0 Å². The van der Waals surface area contributed by atoms with E-state index in [9.17, 15) is 4.57 Å². The Morgan fingerprint density at radius 3 is 2.55 bits per heavy atom. The van der Waals surface area contributed by atoms with Gasteiger partial charge >= 0.3 is 7.82 Å². The Balaban J connectivity index is 3.59. The van der Waals surface area contributed by atoms with Crippen molar-refractivity contribution in [2.24, 2.45) is 0 Å². The number of phosphoric acid groups is 1. The lowest BCUT2D eigenvalue weighted by Gasteiger charge is -1.94. The van der Waals surface area contributed by atoms with E-state index in [4.69, 9.17) is 16.2 Å². The molecule has 0 aliphatic heterocycles. The van der Waals surface area contributed by atoms with Gasteiger partial charge in [-0.2, -0.15) is 0 Å². The number of rotatable bonds is 2. The van der Waals surface area contributed by atoms with Crippen molar-refractivity contribution in [3.63, 3.8) is 0 Å². The molecular formula is C6H7O4P. The molecule has 0 atom stereocenters. The zero-order valence-electron chi connectivity index (χ0n) is 5.65. The molecule has 0 aliphatic carbocycles. The Morgan fingerprint density at radius 1 is 1.45 bits per heavy atom. The van der Waals surface area contributed by atoms with Gasteiger partial charge in [0.2, 0.25) is 0 Å². The predicted octanol–water partition coefficient (Wildman–Crippen LogP) is 0.470. The third kappa shape index (κ3) is 9.07. The molecule has 4 nitrogen and oxygen atoms in total. The molecule has 0 bridgehead atoms. The van der Waals surface area contributed by atoms with Crippen molar-refractivity contribution in [2.45, 2.75) is 12.8 Å². The molecule has 0 unspecified atom stereocenters. The first-order valence-corrected chi connectivity index (χ1v) is 4.25. The summed E-state index contributed by atoms with van der Waals surface area (Å²) in [5.74, 6) is 4.65. The summed E-state index contributed by atoms with van der Waals surface area (Å²) < 4.78 is 13.8. The Hall–Kier alpha value is -0.930. The summed E-state index contributed by atoms with van der Waals surface area (Å²) in [5, 5.41) is 0. The maximum atomic E-state index is 9.99. The average Bonchev–Trinajstić information content (AvgIpc) is 1.85. The number of unbranched alkanes of at least 4 members (excludes halogenated alkanes) is 1. The third-order valence-electron chi connectivity index (χ3n) is 0.631. The number of terminal acetylenes is 1. The lowest BCUT2D eigenvalue weighted by atomic mass is 10.3. The topological polar surface area (TPSA) is 66.8 Å². The summed E-state index contributed by atoms with van der Waals surface area (Å²) >= 11 is 0. The average molecular weight is 174 g/mol. The Bertz CT molecular complexity index is 248. The van der Waals surface area contributed by atoms with Gasteiger partial charge in [0.25, 0.3) is 0 Å². The van der Waals surface area contributed by atoms with Crippen LogP contribution in [0.5, 0.6) is 0 Å². The van der Waals surface area contributed by atoms with Crippen molar-refractivity contribution in [1.29, 1.82) is 0 Å². The van der Waals surface area contributed by atoms with Crippen molar-refractivity contribution >= 4 is 7.82 Å². The minimum atomic E-state index is -4.44. The highest BCUT2D eigenvalue weighted by atomic mass is 31.2. The second kappa shape index (κ2) is 4.82. The normalized spacial score (nSPS) is 9.18. The van der Waals surface area contributed by atoms with Crippen molar-refractivity contribution in [1.82, 2.24) is 0 Å². The molecule has 0 aromatic rings. The second-order valence-corrected chi connectivity index (χ2v) is 2.73. The molecule has 11 heavy (non-hydrogen) atoms. The summed E-state index contributed by atoms with van der Waals surface area (Å²) in [6.45, 7) is 0. The van der Waals surface area contributed by atoms with Gasteiger partial charge in [-0.05, 0) is 0 Å². The molecule has 0 aliphatic rings. The number of hydrogen-bond donors (Lipinski definition) is 2. The maximum Gasteiger partial charge on any atom is 0.533 e. The summed E-state index contributed by atoms with van der Waals surface area (Å²) in [6, 6.07) is 0. The summed E-state index contributed by atoms with van der Waals surface area (Å²) in [5.41, 5.74) is 0. The number of phosphoric ester groups is 1. The Kier molecular flexibility index (Phi) is 4.41. The van der Waals surface area contributed by atoms with E-state index in [0.29, 0.717) is 12.8 Å². The lowest BCUT2D eigenvalue weighted by Crippen LogP contribution is -1.78. The van der Waals surface area contributed by atoms with E-state index in [1.54, 1.807) is 0 Å². The van der Waals surface area contributed by atoms with Crippen LogP contribution in [-0.2, 0) is 9.09 Å². The molecule has 0 aromatic heterocycles. The van der Waals surface area contributed by atoms with Gasteiger partial charge in [0.15, 0.2) is 0 Å². The fourth-order valence-corrected chi connectivity index (χ4v) is 0.461. The second-order valence-electron chi connectivity index (χ2n) is 1.56. The van der Waals surface area contributed by atoms with Crippen LogP contribution >= 0.6 is 7.82 Å². The van der Waals surface area contributed by atoms with Gasteiger partial charge in [-0.25, -0.2) is 4.57 Å². The standard InChI is InChI=1S/C6H7O4P/c1-2-3-4-5-6-10-11(7,8)9/h1H,3-4H2,(H2,7,8,9). The molecule has 2 N–H and O–H groups in total. The van der Waals surface area contributed by atoms with E-state index in [2.05, 4.69) is 16.4 Å². The third-order valence-corrected chi connectivity index (χ3v) is 0.960. The van der Waals surface area contributed by atoms with E-state index in [1.165, 1.54) is 0 Å². The highest BCUT2D eigenvalue weighted by Crippen LogP contribution is 2.34.